The summed E-state index contributed by atoms with van der Waals surface area (Å²) in [5.74, 6) is 1.95. The Morgan fingerprint density at radius 3 is 2.39 bits per heavy atom. The van der Waals surface area contributed by atoms with E-state index >= 15 is 0 Å². The maximum Gasteiger partial charge on any atom is 0.260 e. The number of hydrogen-bond acceptors (Lipinski definition) is 7. The molecule has 1 aliphatic heterocycles. The predicted octanol–water partition coefficient (Wildman–Crippen LogP) is 3.14. The van der Waals surface area contributed by atoms with Crippen molar-refractivity contribution in [2.24, 2.45) is 0 Å². The van der Waals surface area contributed by atoms with Gasteiger partial charge in [0.05, 0.1) is 17.9 Å². The van der Waals surface area contributed by atoms with Crippen LogP contribution >= 0.6 is 0 Å². The zero-order valence-electron chi connectivity index (χ0n) is 18.5. The van der Waals surface area contributed by atoms with Crippen LogP contribution in [0, 0.1) is 11.3 Å². The summed E-state index contributed by atoms with van der Waals surface area (Å²) in [5, 5.41) is 17.9. The molecule has 0 spiro atoms. The molecule has 0 N–H and O–H groups in total. The van der Waals surface area contributed by atoms with E-state index in [2.05, 4.69) is 21.2 Å². The van der Waals surface area contributed by atoms with E-state index in [0.717, 1.165) is 22.8 Å². The van der Waals surface area contributed by atoms with Crippen molar-refractivity contribution < 1.29 is 14.3 Å². The minimum Gasteiger partial charge on any atom is -0.494 e. The SMILES string of the molecule is CCOc1ccc(-c2ccc(N3CCN(C(=O)COc4ccccc4C#N)CC3)nn2)cc1. The molecule has 0 radical (unpaired) electrons. The first-order chi connectivity index (χ1) is 16.2. The second kappa shape index (κ2) is 10.5. The topological polar surface area (TPSA) is 91.6 Å². The van der Waals surface area contributed by atoms with Crippen LogP contribution in [-0.2, 0) is 4.79 Å². The van der Waals surface area contributed by atoms with Crippen molar-refractivity contribution in [2.45, 2.75) is 6.92 Å². The van der Waals surface area contributed by atoms with Gasteiger partial charge in [-0.25, -0.2) is 0 Å². The summed E-state index contributed by atoms with van der Waals surface area (Å²) in [6, 6.07) is 20.7. The van der Waals surface area contributed by atoms with Crippen LogP contribution in [0.4, 0.5) is 5.82 Å². The van der Waals surface area contributed by atoms with E-state index in [4.69, 9.17) is 14.7 Å². The van der Waals surface area contributed by atoms with Gasteiger partial charge in [0.1, 0.15) is 17.6 Å². The lowest BCUT2D eigenvalue weighted by Crippen LogP contribution is -2.50. The summed E-state index contributed by atoms with van der Waals surface area (Å²) in [5.41, 5.74) is 2.19. The van der Waals surface area contributed by atoms with Crippen molar-refractivity contribution in [2.75, 3.05) is 44.3 Å². The molecular formula is C25H25N5O3. The summed E-state index contributed by atoms with van der Waals surface area (Å²) in [4.78, 5) is 16.4. The van der Waals surface area contributed by atoms with Crippen LogP contribution in [0.1, 0.15) is 12.5 Å². The van der Waals surface area contributed by atoms with Gasteiger partial charge in [-0.05, 0) is 55.5 Å². The monoisotopic (exact) mass is 443 g/mol. The first kappa shape index (κ1) is 22.1. The normalized spacial score (nSPS) is 13.3. The molecular weight excluding hydrogens is 418 g/mol. The van der Waals surface area contributed by atoms with Crippen molar-refractivity contribution in [1.82, 2.24) is 15.1 Å². The second-order valence-electron chi connectivity index (χ2n) is 7.50. The number of carbonyl (C=O) groups is 1. The van der Waals surface area contributed by atoms with Crippen molar-refractivity contribution in [3.63, 3.8) is 0 Å². The van der Waals surface area contributed by atoms with E-state index in [9.17, 15) is 4.79 Å². The van der Waals surface area contributed by atoms with Crippen molar-refractivity contribution >= 4 is 11.7 Å². The molecule has 0 aliphatic carbocycles. The number of para-hydroxylation sites is 1. The molecule has 1 aromatic heterocycles. The molecule has 0 atom stereocenters. The Kier molecular flexibility index (Phi) is 7.00. The molecule has 2 aromatic carbocycles. The lowest BCUT2D eigenvalue weighted by atomic mass is 10.1. The fourth-order valence-electron chi connectivity index (χ4n) is 3.64. The van der Waals surface area contributed by atoms with Gasteiger partial charge in [0.15, 0.2) is 12.4 Å². The molecule has 1 fully saturated rings. The summed E-state index contributed by atoms with van der Waals surface area (Å²) in [6.07, 6.45) is 0. The van der Waals surface area contributed by atoms with Crippen LogP contribution < -0.4 is 14.4 Å². The highest BCUT2D eigenvalue weighted by Crippen LogP contribution is 2.22. The van der Waals surface area contributed by atoms with E-state index in [1.165, 1.54) is 0 Å². The molecule has 1 saturated heterocycles. The highest BCUT2D eigenvalue weighted by Gasteiger charge is 2.22. The fraction of sp³-hybridized carbons (Fsp3) is 0.280. The van der Waals surface area contributed by atoms with Crippen LogP contribution in [0.5, 0.6) is 11.5 Å². The van der Waals surface area contributed by atoms with Crippen LogP contribution in [0.3, 0.4) is 0 Å². The van der Waals surface area contributed by atoms with Gasteiger partial charge in [0.25, 0.3) is 5.91 Å². The van der Waals surface area contributed by atoms with Gasteiger partial charge in [-0.2, -0.15) is 5.26 Å². The molecule has 1 aliphatic rings. The molecule has 2 heterocycles. The summed E-state index contributed by atoms with van der Waals surface area (Å²) in [6.45, 7) is 4.98. The molecule has 168 valence electrons. The molecule has 1 amide bonds. The van der Waals surface area contributed by atoms with Gasteiger partial charge in [0, 0.05) is 31.7 Å². The maximum atomic E-state index is 12.5. The molecule has 0 unspecified atom stereocenters. The zero-order valence-corrected chi connectivity index (χ0v) is 18.5. The Morgan fingerprint density at radius 2 is 1.73 bits per heavy atom. The maximum absolute atomic E-state index is 12.5. The molecule has 0 saturated carbocycles. The summed E-state index contributed by atoms with van der Waals surface area (Å²) >= 11 is 0. The minimum atomic E-state index is -0.0978. The number of carbonyl (C=O) groups excluding carboxylic acids is 1. The second-order valence-corrected chi connectivity index (χ2v) is 7.50. The average molecular weight is 444 g/mol. The van der Waals surface area contributed by atoms with Crippen LogP contribution in [0.15, 0.2) is 60.7 Å². The predicted molar refractivity (Wildman–Crippen MR) is 124 cm³/mol. The molecule has 8 heteroatoms. The Morgan fingerprint density at radius 1 is 0.970 bits per heavy atom. The van der Waals surface area contributed by atoms with Gasteiger partial charge in [-0.3, -0.25) is 4.79 Å². The highest BCUT2D eigenvalue weighted by molar-refractivity contribution is 5.78. The number of hydrogen-bond donors (Lipinski definition) is 0. The Hall–Kier alpha value is -4.12. The van der Waals surface area contributed by atoms with E-state index in [1.807, 2.05) is 43.3 Å². The third-order valence-corrected chi connectivity index (χ3v) is 5.43. The number of nitrogens with zero attached hydrogens (tertiary/aromatic N) is 5. The van der Waals surface area contributed by atoms with Crippen LogP contribution in [-0.4, -0.2) is 60.4 Å². The van der Waals surface area contributed by atoms with Gasteiger partial charge >= 0.3 is 0 Å². The zero-order chi connectivity index (χ0) is 23.0. The lowest BCUT2D eigenvalue weighted by Gasteiger charge is -2.35. The number of aromatic nitrogens is 2. The first-order valence-electron chi connectivity index (χ1n) is 10.9. The molecule has 4 rings (SSSR count). The fourth-order valence-corrected chi connectivity index (χ4v) is 3.64. The largest absolute Gasteiger partial charge is 0.494 e. The average Bonchev–Trinajstić information content (AvgIpc) is 2.88. The molecule has 33 heavy (non-hydrogen) atoms. The number of anilines is 1. The minimum absolute atomic E-state index is 0.0880. The third-order valence-electron chi connectivity index (χ3n) is 5.43. The van der Waals surface area contributed by atoms with Crippen molar-refractivity contribution in [3.05, 3.63) is 66.2 Å². The van der Waals surface area contributed by atoms with E-state index in [-0.39, 0.29) is 12.5 Å². The number of piperazine rings is 1. The summed E-state index contributed by atoms with van der Waals surface area (Å²) in [7, 11) is 0. The number of rotatable bonds is 7. The number of ether oxygens (including phenoxy) is 2. The Balaban J connectivity index is 1.29. The van der Waals surface area contributed by atoms with E-state index < -0.39 is 0 Å². The summed E-state index contributed by atoms with van der Waals surface area (Å²) < 4.78 is 11.1. The Labute approximate surface area is 193 Å². The number of nitriles is 1. The van der Waals surface area contributed by atoms with E-state index in [0.29, 0.717) is 44.1 Å². The highest BCUT2D eigenvalue weighted by atomic mass is 16.5. The third kappa shape index (κ3) is 5.39. The number of benzene rings is 2. The van der Waals surface area contributed by atoms with Crippen molar-refractivity contribution in [1.29, 1.82) is 5.26 Å². The quantitative estimate of drug-likeness (QED) is 0.554. The molecule has 0 bridgehead atoms. The van der Waals surface area contributed by atoms with Crippen LogP contribution in [0.25, 0.3) is 11.3 Å². The van der Waals surface area contributed by atoms with Gasteiger partial charge in [-0.15, -0.1) is 10.2 Å². The van der Waals surface area contributed by atoms with Gasteiger partial charge in [-0.1, -0.05) is 12.1 Å². The lowest BCUT2D eigenvalue weighted by molar-refractivity contribution is -0.133. The Bertz CT molecular complexity index is 1120. The van der Waals surface area contributed by atoms with Crippen molar-refractivity contribution in [3.8, 4) is 28.8 Å². The molecule has 3 aromatic rings. The van der Waals surface area contributed by atoms with Gasteiger partial charge in [0.2, 0.25) is 0 Å². The van der Waals surface area contributed by atoms with Gasteiger partial charge < -0.3 is 19.3 Å². The molecule has 8 nitrogen and oxygen atoms in total. The van der Waals surface area contributed by atoms with Crippen LogP contribution in [0.2, 0.25) is 0 Å². The first-order valence-corrected chi connectivity index (χ1v) is 10.9. The van der Waals surface area contributed by atoms with E-state index in [1.54, 1.807) is 29.2 Å². The standard InChI is InChI=1S/C25H25N5O3/c1-2-32-21-9-7-19(8-10-21)22-11-12-24(28-27-22)29-13-15-30(16-14-29)25(31)18-33-23-6-4-3-5-20(23)17-26/h3-12H,2,13-16,18H2,1H3. The number of amides is 1. The smallest absolute Gasteiger partial charge is 0.260 e.